The molecule has 1 aromatic rings. The summed E-state index contributed by atoms with van der Waals surface area (Å²) in [5.41, 5.74) is 0.933. The van der Waals surface area contributed by atoms with Crippen LogP contribution in [0.1, 0.15) is 19.4 Å². The van der Waals surface area contributed by atoms with Crippen LogP contribution in [0.5, 0.6) is 5.75 Å². The molecule has 18 heavy (non-hydrogen) atoms. The molecule has 100 valence electrons. The molecule has 1 aromatic carbocycles. The molecule has 0 aliphatic carbocycles. The molecule has 4 nitrogen and oxygen atoms in total. The standard InChI is InChI=1S/C13H19ClN2O2/c1-9(2)16-12(17)8-18-13-10(7-15-3)5-4-6-11(13)14/h4-6,9,15H,7-8H2,1-3H3,(H,16,17). The molecule has 0 unspecified atom stereocenters. The number of nitrogens with one attached hydrogen (secondary N) is 2. The van der Waals surface area contributed by atoms with Gasteiger partial charge in [0.15, 0.2) is 6.61 Å². The molecular formula is C13H19ClN2O2. The van der Waals surface area contributed by atoms with Crippen LogP contribution in [-0.4, -0.2) is 25.6 Å². The molecule has 0 aliphatic heterocycles. The number of carbonyl (C=O) groups excluding carboxylic acids is 1. The van der Waals surface area contributed by atoms with Crippen LogP contribution in [0.4, 0.5) is 0 Å². The summed E-state index contributed by atoms with van der Waals surface area (Å²) in [5.74, 6) is 0.410. The molecule has 0 aliphatic rings. The number of carbonyl (C=O) groups is 1. The number of ether oxygens (including phenoxy) is 1. The summed E-state index contributed by atoms with van der Waals surface area (Å²) < 4.78 is 5.50. The minimum absolute atomic E-state index is 0.0291. The number of benzene rings is 1. The minimum atomic E-state index is -0.152. The monoisotopic (exact) mass is 270 g/mol. The van der Waals surface area contributed by atoms with Crippen molar-refractivity contribution in [2.24, 2.45) is 0 Å². The van der Waals surface area contributed by atoms with Gasteiger partial charge in [0.05, 0.1) is 5.02 Å². The van der Waals surface area contributed by atoms with E-state index in [0.29, 0.717) is 17.3 Å². The first-order valence-corrected chi connectivity index (χ1v) is 6.26. The topological polar surface area (TPSA) is 50.4 Å². The summed E-state index contributed by atoms with van der Waals surface area (Å²) in [5, 5.41) is 6.31. The van der Waals surface area contributed by atoms with Crippen molar-refractivity contribution in [3.8, 4) is 5.75 Å². The molecule has 0 bridgehead atoms. The van der Waals surface area contributed by atoms with E-state index >= 15 is 0 Å². The summed E-state index contributed by atoms with van der Waals surface area (Å²) in [6.07, 6.45) is 0. The first kappa shape index (κ1) is 14.8. The van der Waals surface area contributed by atoms with Crippen molar-refractivity contribution in [2.75, 3.05) is 13.7 Å². The highest BCUT2D eigenvalue weighted by Crippen LogP contribution is 2.28. The Morgan fingerprint density at radius 2 is 2.17 bits per heavy atom. The lowest BCUT2D eigenvalue weighted by Crippen LogP contribution is -2.34. The Morgan fingerprint density at radius 3 is 2.78 bits per heavy atom. The Morgan fingerprint density at radius 1 is 1.44 bits per heavy atom. The predicted octanol–water partition coefficient (Wildman–Crippen LogP) is 1.96. The summed E-state index contributed by atoms with van der Waals surface area (Å²) in [6, 6.07) is 5.62. The van der Waals surface area contributed by atoms with Gasteiger partial charge in [-0.2, -0.15) is 0 Å². The highest BCUT2D eigenvalue weighted by Gasteiger charge is 2.10. The fraction of sp³-hybridized carbons (Fsp3) is 0.462. The van der Waals surface area contributed by atoms with Gasteiger partial charge in [0.2, 0.25) is 0 Å². The van der Waals surface area contributed by atoms with E-state index in [1.54, 1.807) is 6.07 Å². The van der Waals surface area contributed by atoms with E-state index in [4.69, 9.17) is 16.3 Å². The van der Waals surface area contributed by atoms with Gasteiger partial charge in [-0.3, -0.25) is 4.79 Å². The lowest BCUT2D eigenvalue weighted by atomic mass is 10.2. The first-order valence-electron chi connectivity index (χ1n) is 5.88. The zero-order chi connectivity index (χ0) is 13.5. The van der Waals surface area contributed by atoms with Crippen molar-refractivity contribution in [3.63, 3.8) is 0 Å². The lowest BCUT2D eigenvalue weighted by molar-refractivity contribution is -0.123. The molecule has 2 N–H and O–H groups in total. The highest BCUT2D eigenvalue weighted by atomic mass is 35.5. The van der Waals surface area contributed by atoms with Crippen LogP contribution in [0.25, 0.3) is 0 Å². The summed E-state index contributed by atoms with van der Waals surface area (Å²) in [7, 11) is 1.84. The molecule has 1 amide bonds. The largest absolute Gasteiger partial charge is 0.482 e. The summed E-state index contributed by atoms with van der Waals surface area (Å²) >= 11 is 6.07. The third-order valence-electron chi connectivity index (χ3n) is 2.21. The summed E-state index contributed by atoms with van der Waals surface area (Å²) in [4.78, 5) is 11.5. The maximum Gasteiger partial charge on any atom is 0.258 e. The fourth-order valence-corrected chi connectivity index (χ4v) is 1.79. The van der Waals surface area contributed by atoms with Crippen LogP contribution < -0.4 is 15.4 Å². The quantitative estimate of drug-likeness (QED) is 0.831. The Labute approximate surface area is 113 Å². The van der Waals surface area contributed by atoms with Crippen molar-refractivity contribution >= 4 is 17.5 Å². The molecule has 0 heterocycles. The second kappa shape index (κ2) is 7.24. The van der Waals surface area contributed by atoms with Crippen molar-refractivity contribution < 1.29 is 9.53 Å². The Kier molecular flexibility index (Phi) is 5.95. The average molecular weight is 271 g/mol. The summed E-state index contributed by atoms with van der Waals surface area (Å²) in [6.45, 7) is 4.42. The number of hydrogen-bond donors (Lipinski definition) is 2. The average Bonchev–Trinajstić information content (AvgIpc) is 2.27. The zero-order valence-electron chi connectivity index (χ0n) is 10.9. The van der Waals surface area contributed by atoms with Gasteiger partial charge in [-0.15, -0.1) is 0 Å². The smallest absolute Gasteiger partial charge is 0.258 e. The number of amides is 1. The van der Waals surface area contributed by atoms with Crippen LogP contribution in [0.2, 0.25) is 5.02 Å². The molecule has 5 heteroatoms. The van der Waals surface area contributed by atoms with Crippen molar-refractivity contribution in [1.82, 2.24) is 10.6 Å². The predicted molar refractivity (Wildman–Crippen MR) is 73.0 cm³/mol. The molecule has 0 spiro atoms. The van der Waals surface area contributed by atoms with E-state index in [-0.39, 0.29) is 18.6 Å². The van der Waals surface area contributed by atoms with Gasteiger partial charge < -0.3 is 15.4 Å². The SMILES string of the molecule is CNCc1cccc(Cl)c1OCC(=O)NC(C)C. The molecule has 0 radical (unpaired) electrons. The molecular weight excluding hydrogens is 252 g/mol. The fourth-order valence-electron chi connectivity index (χ4n) is 1.55. The van der Waals surface area contributed by atoms with Gasteiger partial charge in [0, 0.05) is 18.2 Å². The number of rotatable bonds is 6. The van der Waals surface area contributed by atoms with Crippen molar-refractivity contribution in [1.29, 1.82) is 0 Å². The third kappa shape index (κ3) is 4.55. The van der Waals surface area contributed by atoms with Gasteiger partial charge in [0.25, 0.3) is 5.91 Å². The zero-order valence-corrected chi connectivity index (χ0v) is 11.7. The van der Waals surface area contributed by atoms with E-state index in [9.17, 15) is 4.79 Å². The molecule has 0 atom stereocenters. The Balaban J connectivity index is 2.68. The Hall–Kier alpha value is -1.26. The van der Waals surface area contributed by atoms with Gasteiger partial charge in [-0.05, 0) is 27.0 Å². The van der Waals surface area contributed by atoms with Gasteiger partial charge in [-0.1, -0.05) is 23.7 Å². The lowest BCUT2D eigenvalue weighted by Gasteiger charge is -2.14. The van der Waals surface area contributed by atoms with Gasteiger partial charge in [0.1, 0.15) is 5.75 Å². The van der Waals surface area contributed by atoms with E-state index in [2.05, 4.69) is 10.6 Å². The molecule has 0 fully saturated rings. The van der Waals surface area contributed by atoms with E-state index in [1.165, 1.54) is 0 Å². The van der Waals surface area contributed by atoms with Crippen LogP contribution in [0.3, 0.4) is 0 Å². The third-order valence-corrected chi connectivity index (χ3v) is 2.51. The minimum Gasteiger partial charge on any atom is -0.482 e. The first-order chi connectivity index (χ1) is 8.54. The molecule has 0 aromatic heterocycles. The van der Waals surface area contributed by atoms with Crippen molar-refractivity contribution in [3.05, 3.63) is 28.8 Å². The van der Waals surface area contributed by atoms with Crippen LogP contribution in [-0.2, 0) is 11.3 Å². The van der Waals surface area contributed by atoms with Gasteiger partial charge in [-0.25, -0.2) is 0 Å². The van der Waals surface area contributed by atoms with E-state index in [0.717, 1.165) is 5.56 Å². The van der Waals surface area contributed by atoms with Crippen LogP contribution in [0.15, 0.2) is 18.2 Å². The Bertz CT molecular complexity index is 408. The van der Waals surface area contributed by atoms with Crippen molar-refractivity contribution in [2.45, 2.75) is 26.4 Å². The number of halogens is 1. The molecule has 1 rings (SSSR count). The van der Waals surface area contributed by atoms with Crippen LogP contribution >= 0.6 is 11.6 Å². The normalized spacial score (nSPS) is 10.5. The number of para-hydroxylation sites is 1. The maximum atomic E-state index is 11.5. The highest BCUT2D eigenvalue weighted by molar-refractivity contribution is 6.32. The second-order valence-electron chi connectivity index (χ2n) is 4.27. The second-order valence-corrected chi connectivity index (χ2v) is 4.68. The molecule has 0 saturated carbocycles. The van der Waals surface area contributed by atoms with Gasteiger partial charge >= 0.3 is 0 Å². The molecule has 0 saturated heterocycles. The van der Waals surface area contributed by atoms with E-state index in [1.807, 2.05) is 33.0 Å². The van der Waals surface area contributed by atoms with E-state index < -0.39 is 0 Å². The maximum absolute atomic E-state index is 11.5. The van der Waals surface area contributed by atoms with Crippen LogP contribution in [0, 0.1) is 0 Å². The number of hydrogen-bond acceptors (Lipinski definition) is 3.